The largest absolute Gasteiger partial charge is 0.337 e. The Balaban J connectivity index is 1.62. The molecule has 6 nitrogen and oxygen atoms in total. The molecule has 0 bridgehead atoms. The van der Waals surface area contributed by atoms with Gasteiger partial charge >= 0.3 is 0 Å². The molecule has 3 aromatic rings. The van der Waals surface area contributed by atoms with Gasteiger partial charge in [0.2, 0.25) is 0 Å². The number of thiophene rings is 1. The molecule has 0 aromatic carbocycles. The van der Waals surface area contributed by atoms with Gasteiger partial charge in [0.15, 0.2) is 0 Å². The highest BCUT2D eigenvalue weighted by molar-refractivity contribution is 7.20. The fraction of sp³-hybridized carbons (Fsp3) is 0.474. The first-order valence-corrected chi connectivity index (χ1v) is 10.9. The first kappa shape index (κ1) is 18.3. The molecule has 0 spiro atoms. The predicted molar refractivity (Wildman–Crippen MR) is 109 cm³/mol. The lowest BCUT2D eigenvalue weighted by Gasteiger charge is -2.31. The van der Waals surface area contributed by atoms with Crippen LogP contribution in [0.5, 0.6) is 0 Å². The normalized spacial score (nSPS) is 17.6. The van der Waals surface area contributed by atoms with Crippen LogP contribution in [0, 0.1) is 6.92 Å². The van der Waals surface area contributed by atoms with E-state index in [1.807, 2.05) is 11.8 Å². The van der Waals surface area contributed by atoms with E-state index in [-0.39, 0.29) is 11.5 Å². The molecule has 3 aromatic heterocycles. The number of hydrogen-bond acceptors (Lipinski definition) is 6. The van der Waals surface area contributed by atoms with Gasteiger partial charge < -0.3 is 9.47 Å². The minimum absolute atomic E-state index is 0.00882. The Morgan fingerprint density at radius 1 is 1.41 bits per heavy atom. The maximum Gasteiger partial charge on any atom is 0.264 e. The second kappa shape index (κ2) is 7.16. The van der Waals surface area contributed by atoms with Crippen LogP contribution >= 0.6 is 22.7 Å². The number of aromatic nitrogens is 3. The highest BCUT2D eigenvalue weighted by Gasteiger charge is 2.29. The van der Waals surface area contributed by atoms with Crippen molar-refractivity contribution in [3.63, 3.8) is 0 Å². The summed E-state index contributed by atoms with van der Waals surface area (Å²) in [4.78, 5) is 37.9. The van der Waals surface area contributed by atoms with E-state index in [1.165, 1.54) is 22.2 Å². The third-order valence-corrected chi connectivity index (χ3v) is 7.44. The maximum absolute atomic E-state index is 13.2. The van der Waals surface area contributed by atoms with E-state index in [9.17, 15) is 9.59 Å². The van der Waals surface area contributed by atoms with Crippen molar-refractivity contribution in [2.75, 3.05) is 13.1 Å². The number of aryl methyl sites for hydroxylation is 3. The summed E-state index contributed by atoms with van der Waals surface area (Å²) in [6.07, 6.45) is 4.49. The number of nitrogens with zero attached hydrogens (tertiary/aromatic N) is 4. The van der Waals surface area contributed by atoms with Crippen molar-refractivity contribution in [1.29, 1.82) is 0 Å². The van der Waals surface area contributed by atoms with Gasteiger partial charge in [-0.15, -0.1) is 22.7 Å². The summed E-state index contributed by atoms with van der Waals surface area (Å²) in [5.41, 5.74) is 1.78. The van der Waals surface area contributed by atoms with E-state index in [2.05, 4.69) is 17.3 Å². The van der Waals surface area contributed by atoms with Gasteiger partial charge in [0, 0.05) is 31.4 Å². The molecule has 1 saturated heterocycles. The molecule has 1 amide bonds. The zero-order valence-corrected chi connectivity index (χ0v) is 17.3. The lowest BCUT2D eigenvalue weighted by Crippen LogP contribution is -2.39. The van der Waals surface area contributed by atoms with E-state index in [4.69, 9.17) is 4.98 Å². The van der Waals surface area contributed by atoms with Crippen LogP contribution in [-0.4, -0.2) is 38.4 Å². The number of thiazole rings is 1. The minimum Gasteiger partial charge on any atom is -0.337 e. The quantitative estimate of drug-likeness (QED) is 0.674. The molecule has 8 heteroatoms. The lowest BCUT2D eigenvalue weighted by molar-refractivity contribution is 0.0711. The molecular weight excluding hydrogens is 380 g/mol. The van der Waals surface area contributed by atoms with Crippen molar-refractivity contribution in [1.82, 2.24) is 19.4 Å². The summed E-state index contributed by atoms with van der Waals surface area (Å²) in [6.45, 7) is 5.40. The highest BCUT2D eigenvalue weighted by atomic mass is 32.1. The van der Waals surface area contributed by atoms with Crippen molar-refractivity contribution in [2.24, 2.45) is 7.05 Å². The highest BCUT2D eigenvalue weighted by Crippen LogP contribution is 2.33. The zero-order chi connectivity index (χ0) is 19.1. The van der Waals surface area contributed by atoms with E-state index in [0.717, 1.165) is 42.1 Å². The first-order valence-electron chi connectivity index (χ1n) is 9.17. The van der Waals surface area contributed by atoms with Crippen molar-refractivity contribution in [3.8, 4) is 0 Å². The number of hydrogen-bond donors (Lipinski definition) is 0. The average molecular weight is 403 g/mol. The number of carbonyl (C=O) groups excluding carboxylic acids is 1. The molecule has 0 radical (unpaired) electrons. The predicted octanol–water partition coefficient (Wildman–Crippen LogP) is 3.34. The standard InChI is InChI=1S/C19H22N4O2S2/c1-4-13-9-26-16(21-13)12-6-5-7-23(8-12)19(25)15-11(2)14-17(27-15)20-10-22(3)18(14)24/h9-10,12H,4-8H2,1-3H3. The summed E-state index contributed by atoms with van der Waals surface area (Å²) in [6, 6.07) is 0. The summed E-state index contributed by atoms with van der Waals surface area (Å²) in [7, 11) is 1.68. The Hall–Kier alpha value is -2.06. The molecule has 1 unspecified atom stereocenters. The molecule has 4 rings (SSSR count). The van der Waals surface area contributed by atoms with Gasteiger partial charge in [0.25, 0.3) is 11.5 Å². The van der Waals surface area contributed by atoms with E-state index < -0.39 is 0 Å². The van der Waals surface area contributed by atoms with Gasteiger partial charge in [-0.25, -0.2) is 9.97 Å². The molecule has 142 valence electrons. The van der Waals surface area contributed by atoms with Crippen LogP contribution in [0.3, 0.4) is 0 Å². The third kappa shape index (κ3) is 3.21. The maximum atomic E-state index is 13.2. The topological polar surface area (TPSA) is 68.1 Å². The van der Waals surface area contributed by atoms with E-state index in [1.54, 1.807) is 18.4 Å². The van der Waals surface area contributed by atoms with Crippen LogP contribution in [0.4, 0.5) is 0 Å². The average Bonchev–Trinajstić information content (AvgIpc) is 3.29. The number of carbonyl (C=O) groups is 1. The fourth-order valence-corrected chi connectivity index (χ4v) is 5.73. The van der Waals surface area contributed by atoms with Crippen LogP contribution in [0.25, 0.3) is 10.2 Å². The molecule has 1 aliphatic heterocycles. The van der Waals surface area contributed by atoms with Crippen molar-refractivity contribution >= 4 is 38.8 Å². The molecule has 27 heavy (non-hydrogen) atoms. The number of amides is 1. The Labute approximate surface area is 165 Å². The van der Waals surface area contributed by atoms with Crippen LogP contribution in [0.15, 0.2) is 16.5 Å². The molecule has 0 aliphatic carbocycles. The van der Waals surface area contributed by atoms with Crippen LogP contribution in [0.2, 0.25) is 0 Å². The van der Waals surface area contributed by atoms with Crippen molar-refractivity contribution < 1.29 is 4.79 Å². The second-order valence-corrected chi connectivity index (χ2v) is 8.91. The van der Waals surface area contributed by atoms with Gasteiger partial charge in [-0.05, 0) is 31.7 Å². The molecule has 0 saturated carbocycles. The summed E-state index contributed by atoms with van der Waals surface area (Å²) >= 11 is 3.02. The summed E-state index contributed by atoms with van der Waals surface area (Å²) in [5.74, 6) is 0.309. The zero-order valence-electron chi connectivity index (χ0n) is 15.7. The van der Waals surface area contributed by atoms with Crippen LogP contribution < -0.4 is 5.56 Å². The number of likely N-dealkylation sites (tertiary alicyclic amines) is 1. The molecular formula is C19H22N4O2S2. The molecule has 0 N–H and O–H groups in total. The molecule has 1 aliphatic rings. The van der Waals surface area contributed by atoms with Gasteiger partial charge in [-0.1, -0.05) is 6.92 Å². The molecule has 1 fully saturated rings. The Morgan fingerprint density at radius 3 is 2.96 bits per heavy atom. The van der Waals surface area contributed by atoms with Gasteiger partial charge in [0.05, 0.1) is 27.3 Å². The Bertz CT molecular complexity index is 1070. The van der Waals surface area contributed by atoms with E-state index >= 15 is 0 Å². The fourth-order valence-electron chi connectivity index (χ4n) is 3.59. The Kier molecular flexibility index (Phi) is 4.86. The van der Waals surface area contributed by atoms with Crippen molar-refractivity contribution in [3.05, 3.63) is 43.2 Å². The van der Waals surface area contributed by atoms with Crippen LogP contribution in [0.1, 0.15) is 51.6 Å². The smallest absolute Gasteiger partial charge is 0.264 e. The molecule has 4 heterocycles. The second-order valence-electron chi connectivity index (χ2n) is 7.02. The number of rotatable bonds is 3. The van der Waals surface area contributed by atoms with Gasteiger partial charge in [-0.3, -0.25) is 9.59 Å². The summed E-state index contributed by atoms with van der Waals surface area (Å²) < 4.78 is 1.46. The first-order chi connectivity index (χ1) is 13.0. The number of fused-ring (bicyclic) bond motifs is 1. The summed E-state index contributed by atoms with van der Waals surface area (Å²) in [5, 5.41) is 3.82. The van der Waals surface area contributed by atoms with Gasteiger partial charge in [-0.2, -0.15) is 0 Å². The number of piperidine rings is 1. The SMILES string of the molecule is CCc1csc(C2CCCN(C(=O)c3sc4ncn(C)c(=O)c4c3C)C2)n1. The Morgan fingerprint density at radius 2 is 2.22 bits per heavy atom. The van der Waals surface area contributed by atoms with Crippen molar-refractivity contribution in [2.45, 2.75) is 39.0 Å². The monoisotopic (exact) mass is 402 g/mol. The minimum atomic E-state index is -0.0980. The lowest BCUT2D eigenvalue weighted by atomic mass is 9.98. The van der Waals surface area contributed by atoms with Gasteiger partial charge in [0.1, 0.15) is 4.83 Å². The molecule has 1 atom stereocenters. The van der Waals surface area contributed by atoms with Crippen LogP contribution in [-0.2, 0) is 13.5 Å². The van der Waals surface area contributed by atoms with E-state index in [0.29, 0.717) is 27.6 Å². The third-order valence-electron chi connectivity index (χ3n) is 5.19.